The molecule has 29 heavy (non-hydrogen) atoms. The molecule has 1 aliphatic rings. The van der Waals surface area contributed by atoms with E-state index in [-0.39, 0.29) is 36.4 Å². The molecule has 10 heteroatoms. The fourth-order valence-electron chi connectivity index (χ4n) is 3.59. The molecule has 3 atom stereocenters. The van der Waals surface area contributed by atoms with Gasteiger partial charge in [0.1, 0.15) is 0 Å². The molecule has 0 aliphatic carbocycles. The van der Waals surface area contributed by atoms with Gasteiger partial charge < -0.3 is 20.1 Å². The number of likely N-dealkylation sites (tertiary alicyclic amines) is 1. The second-order valence-electron chi connectivity index (χ2n) is 8.11. The molecule has 7 nitrogen and oxygen atoms in total. The number of carbonyl (C=O) groups is 2. The van der Waals surface area contributed by atoms with E-state index in [1.807, 2.05) is 32.8 Å². The molecule has 2 amide bonds. The Morgan fingerprint density at radius 3 is 2.59 bits per heavy atom. The van der Waals surface area contributed by atoms with Crippen molar-refractivity contribution in [1.82, 2.24) is 25.1 Å². The standard InChI is InChI=1S/C19H30F3N5O2/c1-11(2)14(25-17(28)13-6-8-26(4)12(13)3)7-9-27(5)18(29)15-16(19(20,21)22)24-10-23-15/h10-14H,6-9H2,1-5H3,(H,23,24)(H,25,28)/t12-,13-,14?/m1/s1. The smallest absolute Gasteiger partial charge is 0.353 e. The maximum atomic E-state index is 13.0. The Morgan fingerprint density at radius 2 is 2.07 bits per heavy atom. The molecule has 1 aromatic heterocycles. The number of imidazole rings is 1. The third-order valence-electron chi connectivity index (χ3n) is 5.79. The lowest BCUT2D eigenvalue weighted by Gasteiger charge is -2.28. The first-order valence-electron chi connectivity index (χ1n) is 9.80. The van der Waals surface area contributed by atoms with E-state index in [2.05, 4.69) is 15.2 Å². The summed E-state index contributed by atoms with van der Waals surface area (Å²) in [6.45, 7) is 7.02. The third kappa shape index (κ3) is 5.49. The van der Waals surface area contributed by atoms with Gasteiger partial charge in [-0.3, -0.25) is 9.59 Å². The third-order valence-corrected chi connectivity index (χ3v) is 5.79. The van der Waals surface area contributed by atoms with E-state index in [0.29, 0.717) is 6.42 Å². The molecule has 164 valence electrons. The highest BCUT2D eigenvalue weighted by atomic mass is 19.4. The van der Waals surface area contributed by atoms with Crippen molar-refractivity contribution in [1.29, 1.82) is 0 Å². The average Bonchev–Trinajstić information content (AvgIpc) is 3.25. The Kier molecular flexibility index (Phi) is 7.31. The SMILES string of the molecule is CC(C)C(CCN(C)C(=O)c1nc[nH]c1C(F)(F)F)NC(=O)[C@@H]1CCN(C)[C@@H]1C. The first kappa shape index (κ1) is 23.2. The number of hydrogen-bond donors (Lipinski definition) is 2. The van der Waals surface area contributed by atoms with E-state index in [0.717, 1.165) is 19.3 Å². The number of hydrogen-bond acceptors (Lipinski definition) is 4. The highest BCUT2D eigenvalue weighted by Gasteiger charge is 2.39. The first-order valence-corrected chi connectivity index (χ1v) is 9.80. The van der Waals surface area contributed by atoms with Gasteiger partial charge in [-0.2, -0.15) is 13.2 Å². The number of alkyl halides is 3. The number of nitrogens with one attached hydrogen (secondary N) is 2. The molecule has 2 N–H and O–H groups in total. The van der Waals surface area contributed by atoms with Gasteiger partial charge >= 0.3 is 6.18 Å². The second kappa shape index (κ2) is 9.15. The summed E-state index contributed by atoms with van der Waals surface area (Å²) < 4.78 is 38.9. The van der Waals surface area contributed by atoms with Gasteiger partial charge in [0.2, 0.25) is 5.91 Å². The number of carbonyl (C=O) groups excluding carboxylic acids is 2. The van der Waals surface area contributed by atoms with Crippen molar-refractivity contribution in [3.8, 4) is 0 Å². The Balaban J connectivity index is 1.97. The van der Waals surface area contributed by atoms with Crippen molar-refractivity contribution in [2.45, 2.75) is 51.9 Å². The van der Waals surface area contributed by atoms with Gasteiger partial charge in [0.05, 0.1) is 12.2 Å². The minimum absolute atomic E-state index is 0.0128. The monoisotopic (exact) mass is 417 g/mol. The zero-order chi connectivity index (χ0) is 21.9. The Morgan fingerprint density at radius 1 is 1.41 bits per heavy atom. The number of aromatic amines is 1. The topological polar surface area (TPSA) is 81.3 Å². The Hall–Kier alpha value is -2.10. The van der Waals surface area contributed by atoms with Crippen LogP contribution in [-0.2, 0) is 11.0 Å². The fourth-order valence-corrected chi connectivity index (χ4v) is 3.59. The minimum atomic E-state index is -4.68. The van der Waals surface area contributed by atoms with Crippen LogP contribution in [0.25, 0.3) is 0 Å². The van der Waals surface area contributed by atoms with E-state index in [9.17, 15) is 22.8 Å². The van der Waals surface area contributed by atoms with E-state index in [1.54, 1.807) is 0 Å². The predicted molar refractivity (Wildman–Crippen MR) is 102 cm³/mol. The lowest BCUT2D eigenvalue weighted by atomic mass is 9.96. The van der Waals surface area contributed by atoms with Gasteiger partial charge in [-0.25, -0.2) is 4.98 Å². The summed E-state index contributed by atoms with van der Waals surface area (Å²) in [6.07, 6.45) is -2.58. The van der Waals surface area contributed by atoms with E-state index >= 15 is 0 Å². The van der Waals surface area contributed by atoms with Crippen LogP contribution >= 0.6 is 0 Å². The highest BCUT2D eigenvalue weighted by Crippen LogP contribution is 2.30. The number of rotatable bonds is 7. The summed E-state index contributed by atoms with van der Waals surface area (Å²) in [6, 6.07) is -0.0235. The molecule has 0 bridgehead atoms. The molecule has 0 radical (unpaired) electrons. The second-order valence-corrected chi connectivity index (χ2v) is 8.11. The van der Waals surface area contributed by atoms with Crippen LogP contribution in [0.15, 0.2) is 6.33 Å². The van der Waals surface area contributed by atoms with Crippen LogP contribution in [0.2, 0.25) is 0 Å². The van der Waals surface area contributed by atoms with Crippen LogP contribution in [0.3, 0.4) is 0 Å². The molecule has 2 heterocycles. The van der Waals surface area contributed by atoms with Crippen LogP contribution in [0.4, 0.5) is 13.2 Å². The maximum Gasteiger partial charge on any atom is 0.433 e. The van der Waals surface area contributed by atoms with Gasteiger partial charge in [-0.1, -0.05) is 13.8 Å². The summed E-state index contributed by atoms with van der Waals surface area (Å²) in [5, 5.41) is 3.07. The van der Waals surface area contributed by atoms with Crippen LogP contribution in [0.5, 0.6) is 0 Å². The summed E-state index contributed by atoms with van der Waals surface area (Å²) >= 11 is 0. The largest absolute Gasteiger partial charge is 0.433 e. The lowest BCUT2D eigenvalue weighted by Crippen LogP contribution is -2.46. The predicted octanol–water partition coefficient (Wildman–Crippen LogP) is 2.37. The van der Waals surface area contributed by atoms with Crippen molar-refractivity contribution in [3.63, 3.8) is 0 Å². The maximum absolute atomic E-state index is 13.0. The molecule has 1 fully saturated rings. The van der Waals surface area contributed by atoms with Crippen LogP contribution < -0.4 is 5.32 Å². The highest BCUT2D eigenvalue weighted by molar-refractivity contribution is 5.93. The summed E-state index contributed by atoms with van der Waals surface area (Å²) in [7, 11) is 3.42. The molecular formula is C19H30F3N5O2. The lowest BCUT2D eigenvalue weighted by molar-refractivity contribution is -0.141. The molecule has 1 aromatic rings. The van der Waals surface area contributed by atoms with Gasteiger partial charge in [-0.05, 0) is 39.3 Å². The summed E-state index contributed by atoms with van der Waals surface area (Å²) in [5.41, 5.74) is -1.80. The zero-order valence-corrected chi connectivity index (χ0v) is 17.5. The van der Waals surface area contributed by atoms with Gasteiger partial charge in [0, 0.05) is 25.7 Å². The number of amides is 2. The molecule has 1 unspecified atom stereocenters. The normalized spacial score (nSPS) is 21.4. The van der Waals surface area contributed by atoms with Crippen LogP contribution in [0, 0.1) is 11.8 Å². The van der Waals surface area contributed by atoms with E-state index in [1.165, 1.54) is 11.9 Å². The first-order chi connectivity index (χ1) is 13.4. The molecule has 0 aromatic carbocycles. The van der Waals surface area contributed by atoms with Crippen LogP contribution in [0.1, 0.15) is 49.8 Å². The average molecular weight is 417 g/mol. The number of nitrogens with zero attached hydrogens (tertiary/aromatic N) is 3. The van der Waals surface area contributed by atoms with Gasteiger partial charge in [-0.15, -0.1) is 0 Å². The Bertz CT molecular complexity index is 719. The number of halogens is 3. The fraction of sp³-hybridized carbons (Fsp3) is 0.737. The summed E-state index contributed by atoms with van der Waals surface area (Å²) in [5.74, 6) is -0.786. The van der Waals surface area contributed by atoms with Gasteiger partial charge in [0.25, 0.3) is 5.91 Å². The quantitative estimate of drug-likeness (QED) is 0.714. The molecule has 2 rings (SSSR count). The van der Waals surface area contributed by atoms with Crippen molar-refractivity contribution in [2.24, 2.45) is 11.8 Å². The van der Waals surface area contributed by atoms with Crippen molar-refractivity contribution in [2.75, 3.05) is 27.2 Å². The number of H-pyrrole nitrogens is 1. The molecule has 0 saturated carbocycles. The van der Waals surface area contributed by atoms with Crippen molar-refractivity contribution < 1.29 is 22.8 Å². The van der Waals surface area contributed by atoms with Crippen LogP contribution in [-0.4, -0.2) is 70.9 Å². The van der Waals surface area contributed by atoms with E-state index < -0.39 is 23.5 Å². The van der Waals surface area contributed by atoms with Gasteiger partial charge in [0.15, 0.2) is 11.4 Å². The molecular weight excluding hydrogens is 387 g/mol. The van der Waals surface area contributed by atoms with Crippen molar-refractivity contribution in [3.05, 3.63) is 17.7 Å². The Labute approximate surface area is 169 Å². The van der Waals surface area contributed by atoms with E-state index in [4.69, 9.17) is 0 Å². The zero-order valence-electron chi connectivity index (χ0n) is 17.5. The summed E-state index contributed by atoms with van der Waals surface area (Å²) in [4.78, 5) is 34.0. The molecule has 1 saturated heterocycles. The minimum Gasteiger partial charge on any atom is -0.353 e. The molecule has 0 spiro atoms. The number of aromatic nitrogens is 2. The molecule has 1 aliphatic heterocycles. The van der Waals surface area contributed by atoms with Crippen molar-refractivity contribution >= 4 is 11.8 Å².